The number of halogens is 1. The Morgan fingerprint density at radius 1 is 1.45 bits per heavy atom. The molecular weight excluding hydrogens is 160 g/mol. The zero-order valence-electron chi connectivity index (χ0n) is 7.15. The second-order valence-corrected chi connectivity index (χ2v) is 4.28. The standard InChI is InChI=1S/C9H13ClO/c1-8(2)5-4-6-9(8,3)7(10)11/h4-5H,6H2,1-3H3. The molecule has 1 rings (SSSR count). The van der Waals surface area contributed by atoms with Gasteiger partial charge in [0.05, 0.1) is 5.41 Å². The van der Waals surface area contributed by atoms with Gasteiger partial charge in [-0.15, -0.1) is 0 Å². The number of hydrogen-bond acceptors (Lipinski definition) is 1. The first kappa shape index (κ1) is 8.79. The van der Waals surface area contributed by atoms with Crippen molar-refractivity contribution >= 4 is 16.8 Å². The lowest BCUT2D eigenvalue weighted by atomic mass is 9.70. The molecule has 0 bridgehead atoms. The lowest BCUT2D eigenvalue weighted by Gasteiger charge is -2.34. The lowest BCUT2D eigenvalue weighted by Crippen LogP contribution is -2.35. The molecule has 0 amide bonds. The van der Waals surface area contributed by atoms with E-state index < -0.39 is 5.41 Å². The van der Waals surface area contributed by atoms with Crippen molar-refractivity contribution in [1.29, 1.82) is 0 Å². The maximum atomic E-state index is 11.1. The smallest absolute Gasteiger partial charge is 0.228 e. The monoisotopic (exact) mass is 172 g/mol. The summed E-state index contributed by atoms with van der Waals surface area (Å²) in [6, 6.07) is 0. The van der Waals surface area contributed by atoms with Crippen LogP contribution in [0.2, 0.25) is 0 Å². The Balaban J connectivity index is 2.99. The molecule has 0 aromatic carbocycles. The van der Waals surface area contributed by atoms with Crippen LogP contribution in [0.3, 0.4) is 0 Å². The minimum atomic E-state index is -0.394. The van der Waals surface area contributed by atoms with Crippen molar-refractivity contribution in [2.24, 2.45) is 10.8 Å². The molecule has 1 nitrogen and oxygen atoms in total. The summed E-state index contributed by atoms with van der Waals surface area (Å²) in [5.41, 5.74) is -0.486. The summed E-state index contributed by atoms with van der Waals surface area (Å²) in [6.45, 7) is 6.00. The molecule has 0 saturated heterocycles. The van der Waals surface area contributed by atoms with E-state index in [1.807, 2.05) is 26.8 Å². The fourth-order valence-electron chi connectivity index (χ4n) is 1.37. The van der Waals surface area contributed by atoms with Crippen molar-refractivity contribution in [2.45, 2.75) is 27.2 Å². The highest BCUT2D eigenvalue weighted by atomic mass is 35.5. The van der Waals surface area contributed by atoms with Gasteiger partial charge in [0.1, 0.15) is 0 Å². The largest absolute Gasteiger partial charge is 0.281 e. The highest BCUT2D eigenvalue weighted by Crippen LogP contribution is 2.49. The van der Waals surface area contributed by atoms with Gasteiger partial charge in [0.15, 0.2) is 0 Å². The van der Waals surface area contributed by atoms with Crippen molar-refractivity contribution in [1.82, 2.24) is 0 Å². The van der Waals surface area contributed by atoms with E-state index in [-0.39, 0.29) is 10.7 Å². The topological polar surface area (TPSA) is 17.1 Å². The van der Waals surface area contributed by atoms with Gasteiger partial charge in [0.25, 0.3) is 0 Å². The predicted molar refractivity (Wildman–Crippen MR) is 46.5 cm³/mol. The van der Waals surface area contributed by atoms with Gasteiger partial charge in [-0.2, -0.15) is 0 Å². The molecule has 1 aliphatic carbocycles. The van der Waals surface area contributed by atoms with Crippen molar-refractivity contribution in [2.75, 3.05) is 0 Å². The van der Waals surface area contributed by atoms with E-state index in [4.69, 9.17) is 11.6 Å². The minimum absolute atomic E-state index is 0.0914. The van der Waals surface area contributed by atoms with E-state index in [0.29, 0.717) is 0 Å². The summed E-state index contributed by atoms with van der Waals surface area (Å²) in [7, 11) is 0. The van der Waals surface area contributed by atoms with Crippen LogP contribution in [0, 0.1) is 10.8 Å². The van der Waals surface area contributed by atoms with Crippen LogP contribution in [0.5, 0.6) is 0 Å². The Morgan fingerprint density at radius 2 is 2.00 bits per heavy atom. The summed E-state index contributed by atoms with van der Waals surface area (Å²) < 4.78 is 0. The Labute approximate surface area is 72.4 Å². The Kier molecular flexibility index (Phi) is 1.87. The van der Waals surface area contributed by atoms with Crippen LogP contribution in [0.4, 0.5) is 0 Å². The van der Waals surface area contributed by atoms with E-state index >= 15 is 0 Å². The second-order valence-electron chi connectivity index (χ2n) is 3.93. The van der Waals surface area contributed by atoms with E-state index in [0.717, 1.165) is 6.42 Å². The van der Waals surface area contributed by atoms with Crippen LogP contribution in [-0.4, -0.2) is 5.24 Å². The third-order valence-corrected chi connectivity index (χ3v) is 3.33. The Hall–Kier alpha value is -0.300. The predicted octanol–water partition coefficient (Wildman–Crippen LogP) is 2.74. The van der Waals surface area contributed by atoms with Crippen LogP contribution in [0.25, 0.3) is 0 Å². The van der Waals surface area contributed by atoms with E-state index in [2.05, 4.69) is 6.08 Å². The molecule has 1 aliphatic rings. The molecule has 0 saturated carbocycles. The molecule has 62 valence electrons. The maximum Gasteiger partial charge on any atom is 0.228 e. The quantitative estimate of drug-likeness (QED) is 0.439. The normalized spacial score (nSPS) is 34.2. The lowest BCUT2D eigenvalue weighted by molar-refractivity contribution is -0.123. The number of hydrogen-bond donors (Lipinski definition) is 0. The highest BCUT2D eigenvalue weighted by Gasteiger charge is 2.46. The summed E-state index contributed by atoms with van der Waals surface area (Å²) >= 11 is 5.53. The van der Waals surface area contributed by atoms with E-state index in [9.17, 15) is 4.79 Å². The summed E-state index contributed by atoms with van der Waals surface area (Å²) in [5, 5.41) is -0.229. The zero-order valence-corrected chi connectivity index (χ0v) is 7.90. The van der Waals surface area contributed by atoms with Crippen molar-refractivity contribution in [3.8, 4) is 0 Å². The molecule has 1 unspecified atom stereocenters. The first-order valence-electron chi connectivity index (χ1n) is 3.78. The average Bonchev–Trinajstić information content (AvgIpc) is 2.09. The molecule has 0 aromatic rings. The van der Waals surface area contributed by atoms with Crippen molar-refractivity contribution in [3.63, 3.8) is 0 Å². The molecule has 0 aliphatic heterocycles. The molecule has 2 heteroatoms. The van der Waals surface area contributed by atoms with Gasteiger partial charge < -0.3 is 0 Å². The van der Waals surface area contributed by atoms with Crippen molar-refractivity contribution < 1.29 is 4.79 Å². The van der Waals surface area contributed by atoms with Gasteiger partial charge in [0, 0.05) is 0 Å². The highest BCUT2D eigenvalue weighted by molar-refractivity contribution is 6.64. The number of carbonyl (C=O) groups excluding carboxylic acids is 1. The van der Waals surface area contributed by atoms with Gasteiger partial charge in [-0.1, -0.05) is 32.9 Å². The van der Waals surface area contributed by atoms with Crippen LogP contribution in [0.15, 0.2) is 12.2 Å². The van der Waals surface area contributed by atoms with Gasteiger partial charge in [0.2, 0.25) is 5.24 Å². The molecule has 0 radical (unpaired) electrons. The van der Waals surface area contributed by atoms with Crippen LogP contribution in [-0.2, 0) is 4.79 Å². The molecule has 0 spiro atoms. The molecule has 0 N–H and O–H groups in total. The summed E-state index contributed by atoms with van der Waals surface area (Å²) in [5.74, 6) is 0. The summed E-state index contributed by atoms with van der Waals surface area (Å²) in [6.07, 6.45) is 4.86. The average molecular weight is 173 g/mol. The first-order chi connectivity index (χ1) is 4.90. The van der Waals surface area contributed by atoms with Gasteiger partial charge in [-0.25, -0.2) is 0 Å². The van der Waals surface area contributed by atoms with Gasteiger partial charge in [-0.3, -0.25) is 4.79 Å². The fourth-order valence-corrected chi connectivity index (χ4v) is 1.69. The van der Waals surface area contributed by atoms with Crippen LogP contribution < -0.4 is 0 Å². The first-order valence-corrected chi connectivity index (χ1v) is 4.15. The fraction of sp³-hybridized carbons (Fsp3) is 0.667. The Morgan fingerprint density at radius 3 is 2.18 bits per heavy atom. The van der Waals surface area contributed by atoms with Crippen LogP contribution in [0.1, 0.15) is 27.2 Å². The summed E-state index contributed by atoms with van der Waals surface area (Å²) in [4.78, 5) is 11.1. The number of carbonyl (C=O) groups is 1. The van der Waals surface area contributed by atoms with Gasteiger partial charge >= 0.3 is 0 Å². The van der Waals surface area contributed by atoms with Crippen LogP contribution >= 0.6 is 11.6 Å². The van der Waals surface area contributed by atoms with Crippen molar-refractivity contribution in [3.05, 3.63) is 12.2 Å². The molecular formula is C9H13ClO. The number of rotatable bonds is 1. The van der Waals surface area contributed by atoms with E-state index in [1.165, 1.54) is 0 Å². The zero-order chi connectivity index (χ0) is 8.70. The second kappa shape index (κ2) is 2.34. The number of allylic oxidation sites excluding steroid dienone is 2. The molecule has 11 heavy (non-hydrogen) atoms. The van der Waals surface area contributed by atoms with E-state index in [1.54, 1.807) is 0 Å². The Bertz CT molecular complexity index is 218. The minimum Gasteiger partial charge on any atom is -0.281 e. The molecule has 0 aromatic heterocycles. The molecule has 0 heterocycles. The third-order valence-electron chi connectivity index (χ3n) is 2.92. The maximum absolute atomic E-state index is 11.1. The molecule has 0 fully saturated rings. The molecule has 1 atom stereocenters. The third kappa shape index (κ3) is 1.12. The van der Waals surface area contributed by atoms with Gasteiger partial charge in [-0.05, 0) is 23.4 Å². The SMILES string of the molecule is CC1(C)C=CCC1(C)C(=O)Cl.